The van der Waals surface area contributed by atoms with Gasteiger partial charge < -0.3 is 4.74 Å². The summed E-state index contributed by atoms with van der Waals surface area (Å²) in [5, 5.41) is 0.265. The van der Waals surface area contributed by atoms with E-state index in [1.807, 2.05) is 0 Å². The number of allylic oxidation sites excluding steroid dienone is 7. The smallest absolute Gasteiger partial charge is 0.107 e. The summed E-state index contributed by atoms with van der Waals surface area (Å²) in [5.41, 5.74) is 4.93. The van der Waals surface area contributed by atoms with Gasteiger partial charge in [0.2, 0.25) is 0 Å². The third-order valence-corrected chi connectivity index (χ3v) is 10.9. The topological polar surface area (TPSA) is 9.23 Å². The predicted molar refractivity (Wildman–Crippen MR) is 140 cm³/mol. The first kappa shape index (κ1) is 21.5. The van der Waals surface area contributed by atoms with E-state index >= 15 is 0 Å². The highest BCUT2D eigenvalue weighted by atomic mass is 35.5. The molecule has 2 heteroatoms. The number of alkyl halides is 1. The predicted octanol–water partition coefficient (Wildman–Crippen LogP) is 8.13. The van der Waals surface area contributed by atoms with Gasteiger partial charge in [-0.25, -0.2) is 0 Å². The molecule has 7 rings (SSSR count). The van der Waals surface area contributed by atoms with Gasteiger partial charge in [0.05, 0.1) is 0 Å². The van der Waals surface area contributed by atoms with Gasteiger partial charge in [-0.1, -0.05) is 79.6 Å². The normalized spacial score (nSPS) is 44.6. The molecule has 9 atom stereocenters. The van der Waals surface area contributed by atoms with E-state index < -0.39 is 0 Å². The summed E-state index contributed by atoms with van der Waals surface area (Å²) in [7, 11) is 0. The number of halogens is 1. The van der Waals surface area contributed by atoms with Crippen molar-refractivity contribution in [1.29, 1.82) is 0 Å². The quantitative estimate of drug-likeness (QED) is 0.395. The van der Waals surface area contributed by atoms with Crippen molar-refractivity contribution < 1.29 is 4.74 Å². The van der Waals surface area contributed by atoms with Crippen molar-refractivity contribution in [1.82, 2.24) is 0 Å². The Balaban J connectivity index is 1.42. The number of benzene rings is 1. The summed E-state index contributed by atoms with van der Waals surface area (Å²) < 4.78 is 7.00. The summed E-state index contributed by atoms with van der Waals surface area (Å²) in [6, 6.07) is 11.7. The Hall–Kier alpha value is -1.73. The van der Waals surface area contributed by atoms with E-state index in [4.69, 9.17) is 16.3 Å². The van der Waals surface area contributed by atoms with Crippen LogP contribution in [-0.4, -0.2) is 11.5 Å². The molecule has 0 spiro atoms. The highest BCUT2D eigenvalue weighted by Gasteiger charge is 2.64. The minimum atomic E-state index is 0.108. The molecule has 1 nitrogen and oxygen atoms in total. The van der Waals surface area contributed by atoms with Crippen LogP contribution in [0.15, 0.2) is 77.6 Å². The fraction of sp³-hybridized carbons (Fsp3) is 0.562. The number of hydrogen-bond acceptors (Lipinski definition) is 1. The molecule has 5 aliphatic carbocycles. The summed E-state index contributed by atoms with van der Waals surface area (Å²) in [4.78, 5) is 0. The Morgan fingerprint density at radius 2 is 1.74 bits per heavy atom. The maximum absolute atomic E-state index is 7.00. The molecule has 3 saturated carbocycles. The van der Waals surface area contributed by atoms with E-state index in [1.54, 1.807) is 11.1 Å². The zero-order valence-corrected chi connectivity index (χ0v) is 21.1. The minimum absolute atomic E-state index is 0.108. The highest BCUT2D eigenvalue weighted by molar-refractivity contribution is 6.20. The van der Waals surface area contributed by atoms with E-state index in [0.717, 1.165) is 31.1 Å². The molecule has 8 unspecified atom stereocenters. The van der Waals surface area contributed by atoms with Crippen molar-refractivity contribution in [2.24, 2.45) is 35.5 Å². The Morgan fingerprint density at radius 1 is 0.912 bits per heavy atom. The van der Waals surface area contributed by atoms with E-state index in [2.05, 4.69) is 67.6 Å². The summed E-state index contributed by atoms with van der Waals surface area (Å²) in [6.45, 7) is 2.49. The maximum Gasteiger partial charge on any atom is 0.107 e. The first-order valence-electron chi connectivity index (χ1n) is 13.8. The molecule has 0 aromatic heterocycles. The van der Waals surface area contributed by atoms with Crippen LogP contribution in [0.2, 0.25) is 0 Å². The zero-order chi connectivity index (χ0) is 22.9. The molecule has 1 aromatic rings. The molecule has 3 fully saturated rings. The van der Waals surface area contributed by atoms with Crippen molar-refractivity contribution >= 4 is 11.6 Å². The Labute approximate surface area is 210 Å². The lowest BCUT2D eigenvalue weighted by Crippen LogP contribution is -2.48. The average Bonchev–Trinajstić information content (AvgIpc) is 3.37. The second kappa shape index (κ2) is 8.16. The van der Waals surface area contributed by atoms with Gasteiger partial charge in [-0.05, 0) is 73.3 Å². The Morgan fingerprint density at radius 3 is 2.62 bits per heavy atom. The summed E-state index contributed by atoms with van der Waals surface area (Å²) >= 11 is 6.63. The third-order valence-electron chi connectivity index (χ3n) is 10.5. The largest absolute Gasteiger partial charge is 0.493 e. The molecule has 1 heterocycles. The standard InChI is InChI=1S/C32H37ClO/c1-20-14-16-24-23-10-5-6-12-27(23)32(29(24)18-20,21-8-3-2-4-9-21)28-13-7-11-26-25-17-15-22(33)19-30(25)34-31(26)28/h2-11,20,22,24-25,27-30H,12-19H2,1H3/t20-,22?,24?,25?,27?,28?,29?,30?,32?/m0/s1. The van der Waals surface area contributed by atoms with E-state index in [9.17, 15) is 0 Å². The lowest BCUT2D eigenvalue weighted by molar-refractivity contribution is 0.0303. The summed E-state index contributed by atoms with van der Waals surface area (Å²) in [5.74, 6) is 5.10. The van der Waals surface area contributed by atoms with Crippen LogP contribution in [0.25, 0.3) is 0 Å². The molecular formula is C32H37ClO. The van der Waals surface area contributed by atoms with Crippen LogP contribution >= 0.6 is 11.6 Å². The van der Waals surface area contributed by atoms with Crippen LogP contribution in [-0.2, 0) is 10.2 Å². The fourth-order valence-corrected chi connectivity index (χ4v) is 9.53. The van der Waals surface area contributed by atoms with E-state index in [1.165, 1.54) is 43.4 Å². The van der Waals surface area contributed by atoms with Gasteiger partial charge in [-0.2, -0.15) is 0 Å². The second-order valence-corrected chi connectivity index (χ2v) is 12.6. The van der Waals surface area contributed by atoms with Crippen molar-refractivity contribution in [3.05, 3.63) is 83.2 Å². The first-order chi connectivity index (χ1) is 16.7. The molecule has 0 bridgehead atoms. The Bertz CT molecular complexity index is 1080. The van der Waals surface area contributed by atoms with Crippen molar-refractivity contribution in [3.8, 4) is 0 Å². The van der Waals surface area contributed by atoms with Crippen molar-refractivity contribution in [2.45, 2.75) is 75.2 Å². The van der Waals surface area contributed by atoms with E-state index in [0.29, 0.717) is 23.7 Å². The number of ether oxygens (including phenoxy) is 1. The Kier molecular flexibility index (Phi) is 5.17. The zero-order valence-electron chi connectivity index (χ0n) is 20.3. The van der Waals surface area contributed by atoms with Gasteiger partial charge in [-0.3, -0.25) is 0 Å². The van der Waals surface area contributed by atoms with Crippen LogP contribution in [0, 0.1) is 35.5 Å². The monoisotopic (exact) mass is 472 g/mol. The number of fused-ring (bicyclic) bond motifs is 5. The molecule has 178 valence electrons. The molecule has 0 saturated heterocycles. The van der Waals surface area contributed by atoms with Gasteiger partial charge in [-0.15, -0.1) is 11.6 Å². The first-order valence-corrected chi connectivity index (χ1v) is 14.2. The summed E-state index contributed by atoms with van der Waals surface area (Å²) in [6.07, 6.45) is 22.1. The molecular weight excluding hydrogens is 436 g/mol. The molecule has 1 aliphatic heterocycles. The minimum Gasteiger partial charge on any atom is -0.493 e. The van der Waals surface area contributed by atoms with Gasteiger partial charge in [0.25, 0.3) is 0 Å². The second-order valence-electron chi connectivity index (χ2n) is 12.0. The van der Waals surface area contributed by atoms with Crippen LogP contribution in [0.4, 0.5) is 0 Å². The molecule has 0 radical (unpaired) electrons. The van der Waals surface area contributed by atoms with Crippen LogP contribution < -0.4 is 0 Å². The fourth-order valence-electron chi connectivity index (χ4n) is 9.23. The van der Waals surface area contributed by atoms with E-state index in [-0.39, 0.29) is 16.9 Å². The lowest BCUT2D eigenvalue weighted by atomic mass is 9.53. The van der Waals surface area contributed by atoms with Gasteiger partial charge in [0.1, 0.15) is 11.9 Å². The molecule has 1 aromatic carbocycles. The van der Waals surface area contributed by atoms with Crippen molar-refractivity contribution in [3.63, 3.8) is 0 Å². The van der Waals surface area contributed by atoms with Crippen LogP contribution in [0.3, 0.4) is 0 Å². The SMILES string of the molecule is C[C@H]1CCC2C3=CC=CCC3C(c3ccccc3)(C3CC=CC4=C3OC3CC(Cl)CCC43)C2C1. The third kappa shape index (κ3) is 2.98. The van der Waals surface area contributed by atoms with Crippen LogP contribution in [0.5, 0.6) is 0 Å². The van der Waals surface area contributed by atoms with Gasteiger partial charge >= 0.3 is 0 Å². The molecule has 34 heavy (non-hydrogen) atoms. The lowest BCUT2D eigenvalue weighted by Gasteiger charge is -2.50. The maximum atomic E-state index is 7.00. The number of hydrogen-bond donors (Lipinski definition) is 0. The van der Waals surface area contributed by atoms with Gasteiger partial charge in [0.15, 0.2) is 0 Å². The molecule has 6 aliphatic rings. The molecule has 0 N–H and O–H groups in total. The average molecular weight is 473 g/mol. The molecule has 0 amide bonds. The number of rotatable bonds is 2. The van der Waals surface area contributed by atoms with Crippen molar-refractivity contribution in [2.75, 3.05) is 0 Å². The highest BCUT2D eigenvalue weighted by Crippen LogP contribution is 2.68. The van der Waals surface area contributed by atoms with Crippen LogP contribution in [0.1, 0.15) is 63.9 Å². The van der Waals surface area contributed by atoms with Gasteiger partial charge in [0, 0.05) is 29.0 Å².